The van der Waals surface area contributed by atoms with Crippen molar-refractivity contribution in [3.05, 3.63) is 26.7 Å². The normalized spacial score (nSPS) is 10.9. The van der Waals surface area contributed by atoms with Gasteiger partial charge in [-0.15, -0.1) is 0 Å². The smallest absolute Gasteiger partial charge is 0.246 e. The van der Waals surface area contributed by atoms with Gasteiger partial charge in [0.05, 0.1) is 21.8 Å². The van der Waals surface area contributed by atoms with E-state index in [1.54, 1.807) is 6.07 Å². The first-order valence-corrected chi connectivity index (χ1v) is 7.08. The highest BCUT2D eigenvalue weighted by molar-refractivity contribution is 9.10. The summed E-state index contributed by atoms with van der Waals surface area (Å²) in [5.74, 6) is -0.642. The average molecular weight is 344 g/mol. The summed E-state index contributed by atoms with van der Waals surface area (Å²) >= 11 is 14.8. The molecule has 0 aliphatic carbocycles. The molecule has 0 spiro atoms. The van der Waals surface area contributed by atoms with E-state index in [1.807, 2.05) is 0 Å². The van der Waals surface area contributed by atoms with Crippen molar-refractivity contribution in [2.75, 3.05) is 10.5 Å². The van der Waals surface area contributed by atoms with Crippen LogP contribution in [0.5, 0.6) is 0 Å². The zero-order chi connectivity index (χ0) is 12.3. The lowest BCUT2D eigenvalue weighted by atomic mass is 10.3. The molecule has 4 nitrogen and oxygen atoms in total. The topological polar surface area (TPSA) is 70.0 Å². The van der Waals surface area contributed by atoms with Crippen LogP contribution >= 0.6 is 39.1 Å². The Bertz CT molecular complexity index is 554. The van der Waals surface area contributed by atoms with Crippen molar-refractivity contribution < 1.29 is 8.42 Å². The summed E-state index contributed by atoms with van der Waals surface area (Å²) in [6.07, 6.45) is 0. The molecule has 1 aromatic carbocycles. The SMILES string of the molecule is N#CCS(=O)(=O)Nc1ccc(Br)c(Cl)c1Cl. The molecule has 16 heavy (non-hydrogen) atoms. The van der Waals surface area contributed by atoms with Crippen molar-refractivity contribution in [1.82, 2.24) is 0 Å². The molecule has 1 N–H and O–H groups in total. The third kappa shape index (κ3) is 3.25. The van der Waals surface area contributed by atoms with Gasteiger partial charge in [-0.25, -0.2) is 8.42 Å². The highest BCUT2D eigenvalue weighted by atomic mass is 79.9. The summed E-state index contributed by atoms with van der Waals surface area (Å²) in [5.41, 5.74) is 0.144. The van der Waals surface area contributed by atoms with E-state index in [0.29, 0.717) is 4.47 Å². The van der Waals surface area contributed by atoms with Gasteiger partial charge in [-0.3, -0.25) is 4.72 Å². The molecule has 0 amide bonds. The van der Waals surface area contributed by atoms with Crippen molar-refractivity contribution >= 4 is 54.8 Å². The minimum Gasteiger partial charge on any atom is -0.281 e. The largest absolute Gasteiger partial charge is 0.281 e. The standard InChI is InChI=1S/C8H5BrCl2N2O2S/c9-5-1-2-6(8(11)7(5)10)13-16(14,15)4-3-12/h1-2,13H,4H2. The molecule has 1 rings (SSSR count). The molecular formula is C8H5BrCl2N2O2S. The van der Waals surface area contributed by atoms with Crippen molar-refractivity contribution in [3.63, 3.8) is 0 Å². The Morgan fingerprint density at radius 3 is 2.56 bits per heavy atom. The second-order valence-corrected chi connectivity index (χ2v) is 6.07. The highest BCUT2D eigenvalue weighted by Gasteiger charge is 2.14. The first kappa shape index (κ1) is 13.6. The first-order valence-electron chi connectivity index (χ1n) is 3.88. The molecule has 8 heteroatoms. The highest BCUT2D eigenvalue weighted by Crippen LogP contribution is 2.36. The third-order valence-electron chi connectivity index (χ3n) is 1.56. The van der Waals surface area contributed by atoms with Crippen LogP contribution in [0.3, 0.4) is 0 Å². The van der Waals surface area contributed by atoms with Crippen molar-refractivity contribution in [2.45, 2.75) is 0 Å². The molecule has 0 fully saturated rings. The maximum Gasteiger partial charge on any atom is 0.246 e. The molecule has 0 aliphatic heterocycles. The van der Waals surface area contributed by atoms with Crippen molar-refractivity contribution in [3.8, 4) is 6.07 Å². The van der Waals surface area contributed by atoms with E-state index < -0.39 is 15.8 Å². The monoisotopic (exact) mass is 342 g/mol. The Morgan fingerprint density at radius 1 is 1.38 bits per heavy atom. The zero-order valence-electron chi connectivity index (χ0n) is 7.67. The van der Waals surface area contributed by atoms with Crippen LogP contribution in [0.25, 0.3) is 0 Å². The van der Waals surface area contributed by atoms with E-state index >= 15 is 0 Å². The number of nitrogens with zero attached hydrogens (tertiary/aromatic N) is 1. The molecule has 0 atom stereocenters. The van der Waals surface area contributed by atoms with Crippen LogP contribution in [0, 0.1) is 11.3 Å². The summed E-state index contributed by atoms with van der Waals surface area (Å²) in [7, 11) is -3.71. The number of benzene rings is 1. The van der Waals surface area contributed by atoms with Crippen molar-refractivity contribution in [2.24, 2.45) is 0 Å². The zero-order valence-corrected chi connectivity index (χ0v) is 11.6. The van der Waals surface area contributed by atoms with Crippen LogP contribution in [0.1, 0.15) is 0 Å². The minimum atomic E-state index is -3.71. The molecule has 0 saturated carbocycles. The van der Waals surface area contributed by atoms with E-state index in [9.17, 15) is 8.42 Å². The predicted octanol–water partition coefficient (Wildman–Crippen LogP) is 3.02. The molecule has 0 heterocycles. The third-order valence-corrected chi connectivity index (χ3v) is 4.37. The van der Waals surface area contributed by atoms with E-state index in [-0.39, 0.29) is 15.7 Å². The Morgan fingerprint density at radius 2 is 2.00 bits per heavy atom. The molecule has 0 aromatic heterocycles. The lowest BCUT2D eigenvalue weighted by Crippen LogP contribution is -2.15. The van der Waals surface area contributed by atoms with Crippen LogP contribution in [0.15, 0.2) is 16.6 Å². The molecule has 0 bridgehead atoms. The van der Waals surface area contributed by atoms with Crippen LogP contribution in [-0.4, -0.2) is 14.2 Å². The van der Waals surface area contributed by atoms with Gasteiger partial charge in [0.15, 0.2) is 5.75 Å². The first-order chi connectivity index (χ1) is 7.37. The van der Waals surface area contributed by atoms with Gasteiger partial charge in [0.25, 0.3) is 0 Å². The second-order valence-electron chi connectivity index (χ2n) is 2.74. The van der Waals surface area contributed by atoms with Gasteiger partial charge < -0.3 is 0 Å². The van der Waals surface area contributed by atoms with Gasteiger partial charge in [0, 0.05) is 4.47 Å². The Hall–Kier alpha value is -0.480. The molecule has 0 aliphatic rings. The lowest BCUT2D eigenvalue weighted by Gasteiger charge is -2.09. The van der Waals surface area contributed by atoms with Crippen LogP contribution < -0.4 is 4.72 Å². The Kier molecular flexibility index (Phi) is 4.44. The van der Waals surface area contributed by atoms with Gasteiger partial charge in [0.2, 0.25) is 10.0 Å². The molecule has 0 unspecified atom stereocenters. The van der Waals surface area contributed by atoms with Gasteiger partial charge in [-0.1, -0.05) is 23.2 Å². The van der Waals surface area contributed by atoms with E-state index in [2.05, 4.69) is 20.7 Å². The van der Waals surface area contributed by atoms with E-state index in [1.165, 1.54) is 12.1 Å². The van der Waals surface area contributed by atoms with E-state index in [0.717, 1.165) is 0 Å². The Labute approximate surface area is 111 Å². The fourth-order valence-corrected chi connectivity index (χ4v) is 2.52. The van der Waals surface area contributed by atoms with E-state index in [4.69, 9.17) is 28.5 Å². The van der Waals surface area contributed by atoms with Gasteiger partial charge in [0.1, 0.15) is 0 Å². The quantitative estimate of drug-likeness (QED) is 0.857. The number of rotatable bonds is 3. The number of nitriles is 1. The van der Waals surface area contributed by atoms with Crippen LogP contribution in [-0.2, 0) is 10.0 Å². The van der Waals surface area contributed by atoms with Gasteiger partial charge in [-0.05, 0) is 28.1 Å². The number of hydrogen-bond acceptors (Lipinski definition) is 3. The molecule has 0 saturated heterocycles. The second kappa shape index (κ2) is 5.23. The van der Waals surface area contributed by atoms with Crippen molar-refractivity contribution in [1.29, 1.82) is 5.26 Å². The van der Waals surface area contributed by atoms with Gasteiger partial charge >= 0.3 is 0 Å². The number of nitrogens with one attached hydrogen (secondary N) is 1. The summed E-state index contributed by atoms with van der Waals surface area (Å²) in [5, 5.41) is 8.60. The number of anilines is 1. The average Bonchev–Trinajstić information content (AvgIpc) is 2.19. The molecule has 0 radical (unpaired) electrons. The minimum absolute atomic E-state index is 0.0811. The number of hydrogen-bond donors (Lipinski definition) is 1. The number of sulfonamides is 1. The van der Waals surface area contributed by atoms with Crippen LogP contribution in [0.4, 0.5) is 5.69 Å². The summed E-state index contributed by atoms with van der Waals surface area (Å²) in [6.45, 7) is 0. The maximum atomic E-state index is 11.3. The lowest BCUT2D eigenvalue weighted by molar-refractivity contribution is 0.604. The predicted molar refractivity (Wildman–Crippen MR) is 67.2 cm³/mol. The molecular weight excluding hydrogens is 339 g/mol. The van der Waals surface area contributed by atoms with Gasteiger partial charge in [-0.2, -0.15) is 5.26 Å². The molecule has 1 aromatic rings. The molecule has 86 valence electrons. The summed E-state index contributed by atoms with van der Waals surface area (Å²) < 4.78 is 25.3. The Balaban J connectivity index is 3.10. The fourth-order valence-electron chi connectivity index (χ4n) is 0.893. The maximum absolute atomic E-state index is 11.3. The summed E-state index contributed by atoms with van der Waals surface area (Å²) in [4.78, 5) is 0. The number of halogens is 3. The van der Waals surface area contributed by atoms with Crippen LogP contribution in [0.2, 0.25) is 10.0 Å². The fraction of sp³-hybridized carbons (Fsp3) is 0.125. The summed E-state index contributed by atoms with van der Waals surface area (Å²) in [6, 6.07) is 4.54.